The van der Waals surface area contributed by atoms with E-state index in [0.29, 0.717) is 0 Å². The molecule has 0 aliphatic carbocycles. The fourth-order valence-corrected chi connectivity index (χ4v) is 1.26. The molecule has 84 valence electrons. The van der Waals surface area contributed by atoms with Crippen LogP contribution in [0.4, 0.5) is 13.2 Å². The number of rotatable bonds is 1. The highest BCUT2D eigenvalue weighted by molar-refractivity contribution is 5.92. The Balaban J connectivity index is 2.68. The minimum absolute atomic E-state index is 0.0288. The van der Waals surface area contributed by atoms with Gasteiger partial charge in [-0.1, -0.05) is 0 Å². The number of Topliss-reactive ketones (excluding diaryl/α,β-unsaturated/α-hetero) is 1. The number of hydrogen-bond acceptors (Lipinski definition) is 3. The van der Waals surface area contributed by atoms with Crippen LogP contribution < -0.4 is 0 Å². The summed E-state index contributed by atoms with van der Waals surface area (Å²) in [6.07, 6.45) is -3.34. The second-order valence-electron chi connectivity index (χ2n) is 3.19. The number of hydrogen-bond donors (Lipinski definition) is 0. The fraction of sp³-hybridized carbons (Fsp3) is 0.222. The Labute approximate surface area is 87.7 Å². The van der Waals surface area contributed by atoms with E-state index in [2.05, 4.69) is 10.1 Å². The third kappa shape index (κ3) is 1.64. The van der Waals surface area contributed by atoms with Gasteiger partial charge < -0.3 is 0 Å². The topological polar surface area (TPSA) is 47.3 Å². The van der Waals surface area contributed by atoms with E-state index in [0.717, 1.165) is 10.6 Å². The van der Waals surface area contributed by atoms with Gasteiger partial charge in [-0.25, -0.2) is 9.50 Å². The number of fused-ring (bicyclic) bond motifs is 1. The Morgan fingerprint density at radius 3 is 2.62 bits per heavy atom. The van der Waals surface area contributed by atoms with Crippen LogP contribution in [-0.4, -0.2) is 20.4 Å². The van der Waals surface area contributed by atoms with Gasteiger partial charge in [0.15, 0.2) is 17.1 Å². The van der Waals surface area contributed by atoms with Crippen molar-refractivity contribution in [2.75, 3.05) is 0 Å². The van der Waals surface area contributed by atoms with Crippen molar-refractivity contribution >= 4 is 11.4 Å². The van der Waals surface area contributed by atoms with Crippen molar-refractivity contribution in [3.05, 3.63) is 29.7 Å². The van der Waals surface area contributed by atoms with Crippen LogP contribution in [0.2, 0.25) is 0 Å². The lowest BCUT2D eigenvalue weighted by Gasteiger charge is -2.05. The molecule has 0 radical (unpaired) electrons. The molecule has 4 nitrogen and oxygen atoms in total. The standard InChI is InChI=1S/C9H6F3N3O/c1-5(16)6-4-13-8-3-2-7(9(10,11)12)14-15(6)8/h2-4H,1H3. The summed E-state index contributed by atoms with van der Waals surface area (Å²) in [7, 11) is 0. The summed E-state index contributed by atoms with van der Waals surface area (Å²) < 4.78 is 38.0. The van der Waals surface area contributed by atoms with Gasteiger partial charge >= 0.3 is 6.18 Å². The molecular formula is C9H6F3N3O. The molecular weight excluding hydrogens is 223 g/mol. The third-order valence-corrected chi connectivity index (χ3v) is 2.01. The van der Waals surface area contributed by atoms with Crippen LogP contribution in [0.1, 0.15) is 23.1 Å². The zero-order valence-corrected chi connectivity index (χ0v) is 8.12. The maximum atomic E-state index is 12.4. The second kappa shape index (κ2) is 3.29. The first-order chi connectivity index (χ1) is 7.39. The van der Waals surface area contributed by atoms with Crippen LogP contribution in [0.5, 0.6) is 0 Å². The molecule has 2 aromatic heterocycles. The summed E-state index contributed by atoms with van der Waals surface area (Å²) in [5.41, 5.74) is -0.820. The van der Waals surface area contributed by atoms with Gasteiger partial charge in [0.2, 0.25) is 0 Å². The number of imidazole rings is 1. The van der Waals surface area contributed by atoms with Gasteiger partial charge in [0, 0.05) is 6.92 Å². The lowest BCUT2D eigenvalue weighted by atomic mass is 10.3. The molecule has 2 aromatic rings. The molecule has 0 atom stereocenters. The molecule has 0 fully saturated rings. The van der Waals surface area contributed by atoms with Crippen molar-refractivity contribution in [2.24, 2.45) is 0 Å². The molecule has 0 saturated carbocycles. The van der Waals surface area contributed by atoms with Gasteiger partial charge in [-0.3, -0.25) is 4.79 Å². The van der Waals surface area contributed by atoms with Gasteiger partial charge in [-0.05, 0) is 12.1 Å². The Hall–Kier alpha value is -1.92. The molecule has 0 bridgehead atoms. The number of carbonyl (C=O) groups is 1. The normalized spacial score (nSPS) is 12.0. The highest BCUT2D eigenvalue weighted by Crippen LogP contribution is 2.27. The lowest BCUT2D eigenvalue weighted by molar-refractivity contribution is -0.141. The molecule has 0 aromatic carbocycles. The number of alkyl halides is 3. The van der Waals surface area contributed by atoms with E-state index < -0.39 is 11.9 Å². The van der Waals surface area contributed by atoms with E-state index in [1.165, 1.54) is 19.2 Å². The minimum Gasteiger partial charge on any atom is -0.293 e. The van der Waals surface area contributed by atoms with Crippen LogP contribution in [0, 0.1) is 0 Å². The quantitative estimate of drug-likeness (QED) is 0.702. The average Bonchev–Trinajstić information content (AvgIpc) is 2.58. The van der Waals surface area contributed by atoms with Crippen molar-refractivity contribution in [1.29, 1.82) is 0 Å². The van der Waals surface area contributed by atoms with Crippen molar-refractivity contribution in [1.82, 2.24) is 14.6 Å². The summed E-state index contributed by atoms with van der Waals surface area (Å²) in [6.45, 7) is 1.24. The number of nitrogens with zero attached hydrogens (tertiary/aromatic N) is 3. The number of halogens is 3. The van der Waals surface area contributed by atoms with E-state index in [9.17, 15) is 18.0 Å². The number of carbonyl (C=O) groups excluding carboxylic acids is 1. The van der Waals surface area contributed by atoms with Crippen LogP contribution in [0.15, 0.2) is 18.3 Å². The van der Waals surface area contributed by atoms with Gasteiger partial charge in [0.1, 0.15) is 5.69 Å². The average molecular weight is 229 g/mol. The van der Waals surface area contributed by atoms with E-state index >= 15 is 0 Å². The zero-order valence-electron chi connectivity index (χ0n) is 8.12. The van der Waals surface area contributed by atoms with Crippen molar-refractivity contribution in [3.8, 4) is 0 Å². The summed E-state index contributed by atoms with van der Waals surface area (Å²) in [5.74, 6) is -0.390. The molecule has 0 aliphatic rings. The molecule has 0 N–H and O–H groups in total. The van der Waals surface area contributed by atoms with Crippen LogP contribution in [0.3, 0.4) is 0 Å². The largest absolute Gasteiger partial charge is 0.435 e. The summed E-state index contributed by atoms with van der Waals surface area (Å²) in [6, 6.07) is 1.99. The molecule has 16 heavy (non-hydrogen) atoms. The first-order valence-corrected chi connectivity index (χ1v) is 4.32. The fourth-order valence-electron chi connectivity index (χ4n) is 1.26. The molecule has 2 heterocycles. The summed E-state index contributed by atoms with van der Waals surface area (Å²) in [5, 5.41) is 3.34. The highest BCUT2D eigenvalue weighted by Gasteiger charge is 2.33. The summed E-state index contributed by atoms with van der Waals surface area (Å²) >= 11 is 0. The van der Waals surface area contributed by atoms with Gasteiger partial charge in [-0.2, -0.15) is 18.3 Å². The SMILES string of the molecule is CC(=O)c1cnc2ccc(C(F)(F)F)nn12. The molecule has 7 heteroatoms. The number of aromatic nitrogens is 3. The third-order valence-electron chi connectivity index (χ3n) is 2.01. The number of ketones is 1. The minimum atomic E-state index is -4.54. The smallest absolute Gasteiger partial charge is 0.293 e. The molecule has 2 rings (SSSR count). The Bertz CT molecular complexity index is 559. The van der Waals surface area contributed by atoms with E-state index in [-0.39, 0.29) is 17.1 Å². The second-order valence-corrected chi connectivity index (χ2v) is 3.19. The Kier molecular flexibility index (Phi) is 2.18. The highest BCUT2D eigenvalue weighted by atomic mass is 19.4. The van der Waals surface area contributed by atoms with E-state index in [1.807, 2.05) is 0 Å². The first kappa shape index (κ1) is 10.6. The van der Waals surface area contributed by atoms with Crippen molar-refractivity contribution in [2.45, 2.75) is 13.1 Å². The molecule has 0 unspecified atom stereocenters. The molecule has 0 aliphatic heterocycles. The van der Waals surface area contributed by atoms with Crippen molar-refractivity contribution < 1.29 is 18.0 Å². The van der Waals surface area contributed by atoms with Gasteiger partial charge in [-0.15, -0.1) is 0 Å². The van der Waals surface area contributed by atoms with Crippen LogP contribution in [0.25, 0.3) is 5.65 Å². The Morgan fingerprint density at radius 1 is 1.38 bits per heavy atom. The molecule has 0 spiro atoms. The van der Waals surface area contributed by atoms with Crippen molar-refractivity contribution in [3.63, 3.8) is 0 Å². The summed E-state index contributed by atoms with van der Waals surface area (Å²) in [4.78, 5) is 14.9. The zero-order chi connectivity index (χ0) is 11.9. The first-order valence-electron chi connectivity index (χ1n) is 4.32. The lowest BCUT2D eigenvalue weighted by Crippen LogP contribution is -2.12. The Morgan fingerprint density at radius 2 is 2.06 bits per heavy atom. The predicted octanol–water partition coefficient (Wildman–Crippen LogP) is 1.95. The van der Waals surface area contributed by atoms with E-state index in [1.54, 1.807) is 0 Å². The van der Waals surface area contributed by atoms with Gasteiger partial charge in [0.05, 0.1) is 6.20 Å². The maximum absolute atomic E-state index is 12.4. The molecule has 0 saturated heterocycles. The monoisotopic (exact) mass is 229 g/mol. The molecule has 0 amide bonds. The van der Waals surface area contributed by atoms with Gasteiger partial charge in [0.25, 0.3) is 0 Å². The maximum Gasteiger partial charge on any atom is 0.435 e. The van der Waals surface area contributed by atoms with Crippen LogP contribution in [-0.2, 0) is 6.18 Å². The van der Waals surface area contributed by atoms with Crippen LogP contribution >= 0.6 is 0 Å². The predicted molar refractivity (Wildman–Crippen MR) is 48.0 cm³/mol. The van der Waals surface area contributed by atoms with E-state index in [4.69, 9.17) is 0 Å².